The van der Waals surface area contributed by atoms with E-state index in [2.05, 4.69) is 29.2 Å². The molecule has 3 rings (SSSR count). The van der Waals surface area contributed by atoms with E-state index < -0.39 is 0 Å². The molecule has 0 aliphatic carbocycles. The molecule has 1 saturated heterocycles. The summed E-state index contributed by atoms with van der Waals surface area (Å²) in [6.45, 7) is 4.64. The normalized spacial score (nSPS) is 16.2. The fraction of sp³-hybridized carbons (Fsp3) is 0.294. The van der Waals surface area contributed by atoms with Gasteiger partial charge in [-0.1, -0.05) is 30.3 Å². The van der Waals surface area contributed by atoms with Crippen LogP contribution in [0.25, 0.3) is 11.1 Å². The zero-order valence-electron chi connectivity index (χ0n) is 11.5. The van der Waals surface area contributed by atoms with Gasteiger partial charge in [-0.15, -0.1) is 0 Å². The Hall–Kier alpha value is -1.84. The summed E-state index contributed by atoms with van der Waals surface area (Å²) in [6, 6.07) is 15.9. The molecule has 1 N–H and O–H groups in total. The van der Waals surface area contributed by atoms with E-state index in [1.54, 1.807) is 12.1 Å². The molecule has 0 bridgehead atoms. The summed E-state index contributed by atoms with van der Waals surface area (Å²) >= 11 is 0. The smallest absolute Gasteiger partial charge is 0.115 e. The largest absolute Gasteiger partial charge is 0.508 e. The molecular formula is C17H19NO2. The first-order chi connectivity index (χ1) is 9.81. The quantitative estimate of drug-likeness (QED) is 0.930. The van der Waals surface area contributed by atoms with E-state index in [9.17, 15) is 5.11 Å². The number of morpholine rings is 1. The Kier molecular flexibility index (Phi) is 4.00. The van der Waals surface area contributed by atoms with Crippen LogP contribution in [-0.2, 0) is 11.3 Å². The summed E-state index contributed by atoms with van der Waals surface area (Å²) in [5.74, 6) is 0.304. The molecule has 0 aromatic heterocycles. The molecule has 2 aromatic carbocycles. The minimum Gasteiger partial charge on any atom is -0.508 e. The molecule has 3 nitrogen and oxygen atoms in total. The fourth-order valence-corrected chi connectivity index (χ4v) is 2.52. The predicted octanol–water partition coefficient (Wildman–Crippen LogP) is 2.89. The van der Waals surface area contributed by atoms with Gasteiger partial charge in [-0.25, -0.2) is 0 Å². The third-order valence-electron chi connectivity index (χ3n) is 3.64. The van der Waals surface area contributed by atoms with Crippen molar-refractivity contribution in [2.24, 2.45) is 0 Å². The summed E-state index contributed by atoms with van der Waals surface area (Å²) in [5, 5.41) is 9.36. The Morgan fingerprint density at radius 2 is 1.70 bits per heavy atom. The van der Waals surface area contributed by atoms with Crippen molar-refractivity contribution in [1.29, 1.82) is 0 Å². The van der Waals surface area contributed by atoms with Gasteiger partial charge in [0, 0.05) is 19.6 Å². The molecule has 1 aliphatic heterocycles. The van der Waals surface area contributed by atoms with Gasteiger partial charge in [0.05, 0.1) is 13.2 Å². The fourth-order valence-electron chi connectivity index (χ4n) is 2.52. The van der Waals surface area contributed by atoms with Gasteiger partial charge in [-0.05, 0) is 34.9 Å². The van der Waals surface area contributed by atoms with Gasteiger partial charge in [0.25, 0.3) is 0 Å². The van der Waals surface area contributed by atoms with Crippen LogP contribution in [0.4, 0.5) is 0 Å². The third kappa shape index (κ3) is 3.18. The van der Waals surface area contributed by atoms with Crippen LogP contribution in [-0.4, -0.2) is 36.3 Å². The van der Waals surface area contributed by atoms with Crippen molar-refractivity contribution in [3.63, 3.8) is 0 Å². The molecule has 1 heterocycles. The minimum atomic E-state index is 0.304. The number of rotatable bonds is 3. The van der Waals surface area contributed by atoms with Gasteiger partial charge in [-0.2, -0.15) is 0 Å². The standard InChI is InChI=1S/C17H19NO2/c19-17-6-4-15(5-7-17)16-3-1-2-14(12-16)13-18-8-10-20-11-9-18/h1-7,12,19H,8-11,13H2. The minimum absolute atomic E-state index is 0.304. The average Bonchev–Trinajstić information content (AvgIpc) is 2.49. The molecule has 0 spiro atoms. The summed E-state index contributed by atoms with van der Waals surface area (Å²) in [7, 11) is 0. The molecule has 3 heteroatoms. The summed E-state index contributed by atoms with van der Waals surface area (Å²) < 4.78 is 5.38. The van der Waals surface area contributed by atoms with Crippen LogP contribution < -0.4 is 0 Å². The zero-order chi connectivity index (χ0) is 13.8. The SMILES string of the molecule is Oc1ccc(-c2cccc(CN3CCOCC3)c2)cc1. The highest BCUT2D eigenvalue weighted by Crippen LogP contribution is 2.23. The Morgan fingerprint density at radius 3 is 2.45 bits per heavy atom. The van der Waals surface area contributed by atoms with E-state index in [1.807, 2.05) is 12.1 Å². The van der Waals surface area contributed by atoms with Gasteiger partial charge in [0.2, 0.25) is 0 Å². The van der Waals surface area contributed by atoms with Gasteiger partial charge in [0.15, 0.2) is 0 Å². The molecular weight excluding hydrogens is 250 g/mol. The van der Waals surface area contributed by atoms with Crippen molar-refractivity contribution in [3.05, 3.63) is 54.1 Å². The maximum absolute atomic E-state index is 9.36. The number of hydrogen-bond acceptors (Lipinski definition) is 3. The van der Waals surface area contributed by atoms with Gasteiger partial charge >= 0.3 is 0 Å². The van der Waals surface area contributed by atoms with E-state index in [0.29, 0.717) is 5.75 Å². The van der Waals surface area contributed by atoms with Crippen LogP contribution >= 0.6 is 0 Å². The lowest BCUT2D eigenvalue weighted by Gasteiger charge is -2.26. The summed E-state index contributed by atoms with van der Waals surface area (Å²) in [6.07, 6.45) is 0. The van der Waals surface area contributed by atoms with E-state index in [4.69, 9.17) is 4.74 Å². The molecule has 0 unspecified atom stereocenters. The van der Waals surface area contributed by atoms with Crippen LogP contribution in [0.15, 0.2) is 48.5 Å². The van der Waals surface area contributed by atoms with E-state index >= 15 is 0 Å². The number of phenolic OH excluding ortho intramolecular Hbond substituents is 1. The number of hydrogen-bond donors (Lipinski definition) is 1. The highest BCUT2D eigenvalue weighted by molar-refractivity contribution is 5.64. The van der Waals surface area contributed by atoms with Crippen molar-refractivity contribution < 1.29 is 9.84 Å². The first kappa shape index (κ1) is 13.2. The van der Waals surface area contributed by atoms with Gasteiger partial charge in [-0.3, -0.25) is 4.90 Å². The van der Waals surface area contributed by atoms with Crippen molar-refractivity contribution in [2.75, 3.05) is 26.3 Å². The second kappa shape index (κ2) is 6.07. The maximum Gasteiger partial charge on any atom is 0.115 e. The second-order valence-electron chi connectivity index (χ2n) is 5.14. The number of nitrogens with zero attached hydrogens (tertiary/aromatic N) is 1. The van der Waals surface area contributed by atoms with Crippen LogP contribution in [0.2, 0.25) is 0 Å². The molecule has 20 heavy (non-hydrogen) atoms. The molecule has 0 amide bonds. The maximum atomic E-state index is 9.36. The molecule has 1 aliphatic rings. The number of aromatic hydroxyl groups is 1. The Balaban J connectivity index is 1.76. The van der Waals surface area contributed by atoms with Gasteiger partial charge in [0.1, 0.15) is 5.75 Å². The molecule has 2 aromatic rings. The van der Waals surface area contributed by atoms with Gasteiger partial charge < -0.3 is 9.84 Å². The van der Waals surface area contributed by atoms with Crippen LogP contribution in [0.1, 0.15) is 5.56 Å². The molecule has 104 valence electrons. The third-order valence-corrected chi connectivity index (χ3v) is 3.64. The number of benzene rings is 2. The van der Waals surface area contributed by atoms with E-state index in [-0.39, 0.29) is 0 Å². The second-order valence-corrected chi connectivity index (χ2v) is 5.14. The number of ether oxygens (including phenoxy) is 1. The number of phenols is 1. The average molecular weight is 269 g/mol. The highest BCUT2D eigenvalue weighted by Gasteiger charge is 2.10. The first-order valence-electron chi connectivity index (χ1n) is 7.00. The van der Waals surface area contributed by atoms with Crippen molar-refractivity contribution in [1.82, 2.24) is 4.90 Å². The zero-order valence-corrected chi connectivity index (χ0v) is 11.5. The Morgan fingerprint density at radius 1 is 0.950 bits per heavy atom. The molecule has 0 saturated carbocycles. The lowest BCUT2D eigenvalue weighted by atomic mass is 10.0. The Bertz CT molecular complexity index is 559. The molecule has 1 fully saturated rings. The van der Waals surface area contributed by atoms with Crippen molar-refractivity contribution in [3.8, 4) is 16.9 Å². The van der Waals surface area contributed by atoms with Crippen LogP contribution in [0.5, 0.6) is 5.75 Å². The molecule has 0 atom stereocenters. The van der Waals surface area contributed by atoms with Crippen LogP contribution in [0.3, 0.4) is 0 Å². The first-order valence-corrected chi connectivity index (χ1v) is 7.00. The van der Waals surface area contributed by atoms with E-state index in [1.165, 1.54) is 11.1 Å². The van der Waals surface area contributed by atoms with Crippen molar-refractivity contribution >= 4 is 0 Å². The summed E-state index contributed by atoms with van der Waals surface area (Å²) in [4.78, 5) is 2.42. The predicted molar refractivity (Wildman–Crippen MR) is 79.6 cm³/mol. The highest BCUT2D eigenvalue weighted by atomic mass is 16.5. The Labute approximate surface area is 119 Å². The molecule has 0 radical (unpaired) electrons. The van der Waals surface area contributed by atoms with E-state index in [0.717, 1.165) is 38.4 Å². The lowest BCUT2D eigenvalue weighted by Crippen LogP contribution is -2.35. The monoisotopic (exact) mass is 269 g/mol. The van der Waals surface area contributed by atoms with Crippen molar-refractivity contribution in [2.45, 2.75) is 6.54 Å². The van der Waals surface area contributed by atoms with Crippen LogP contribution in [0, 0.1) is 0 Å². The topological polar surface area (TPSA) is 32.7 Å². The summed E-state index contributed by atoms with van der Waals surface area (Å²) in [5.41, 5.74) is 3.64. The lowest BCUT2D eigenvalue weighted by molar-refractivity contribution is 0.0342.